The number of hydrogen-bond donors (Lipinski definition) is 1. The van der Waals surface area contributed by atoms with Crippen LogP contribution < -0.4 is 5.32 Å². The molecule has 0 spiro atoms. The van der Waals surface area contributed by atoms with Crippen LogP contribution in [0.25, 0.3) is 0 Å². The Kier molecular flexibility index (Phi) is 5.74. The largest absolute Gasteiger partial charge is 0.349 e. The minimum Gasteiger partial charge on any atom is -0.349 e. The smallest absolute Gasteiger partial charge is 0.229 e. The molecule has 1 saturated carbocycles. The van der Waals surface area contributed by atoms with Crippen LogP contribution in [0.1, 0.15) is 69.3 Å². The maximum absolute atomic E-state index is 12.7. The van der Waals surface area contributed by atoms with E-state index < -0.39 is 0 Å². The van der Waals surface area contributed by atoms with Gasteiger partial charge in [-0.25, -0.2) is 0 Å². The van der Waals surface area contributed by atoms with E-state index >= 15 is 0 Å². The summed E-state index contributed by atoms with van der Waals surface area (Å²) in [7, 11) is 0. The van der Waals surface area contributed by atoms with Gasteiger partial charge >= 0.3 is 0 Å². The number of nitrogens with one attached hydrogen (secondary N) is 1. The first-order chi connectivity index (χ1) is 12.4. The first-order valence-electron chi connectivity index (χ1n) is 9.55. The van der Waals surface area contributed by atoms with Crippen molar-refractivity contribution in [3.63, 3.8) is 0 Å². The maximum Gasteiger partial charge on any atom is 0.229 e. The number of aryl methyl sites for hydroxylation is 1. The van der Waals surface area contributed by atoms with E-state index in [1.54, 1.807) is 6.92 Å². The molecule has 0 bridgehead atoms. The summed E-state index contributed by atoms with van der Waals surface area (Å²) in [6.07, 6.45) is 5.79. The average Bonchev–Trinajstić information content (AvgIpc) is 3.02. The van der Waals surface area contributed by atoms with Gasteiger partial charge in [-0.1, -0.05) is 49.3 Å². The summed E-state index contributed by atoms with van der Waals surface area (Å²) in [5.41, 5.74) is 1.48. The number of carbonyl (C=O) groups is 1. The molecule has 2 aromatic rings. The van der Waals surface area contributed by atoms with Crippen LogP contribution in [0.3, 0.4) is 0 Å². The lowest BCUT2D eigenvalue weighted by molar-refractivity contribution is -0.123. The van der Waals surface area contributed by atoms with Gasteiger partial charge in [0.15, 0.2) is 5.82 Å². The third-order valence-corrected chi connectivity index (χ3v) is 5.42. The summed E-state index contributed by atoms with van der Waals surface area (Å²) >= 11 is 0. The van der Waals surface area contributed by atoms with Gasteiger partial charge in [-0.05, 0) is 49.5 Å². The van der Waals surface area contributed by atoms with Crippen LogP contribution >= 0.6 is 0 Å². The van der Waals surface area contributed by atoms with Gasteiger partial charge in [-0.2, -0.15) is 4.98 Å². The van der Waals surface area contributed by atoms with E-state index in [1.165, 1.54) is 12.8 Å². The number of amides is 1. The SMILES string of the molecule is Cc1noc(CC(NC(=O)CC2CCC(C)(C)CC2)c2ccccc2)n1. The number of aromatic nitrogens is 2. The van der Waals surface area contributed by atoms with Gasteiger partial charge in [0.25, 0.3) is 0 Å². The summed E-state index contributed by atoms with van der Waals surface area (Å²) in [5.74, 6) is 1.77. The van der Waals surface area contributed by atoms with Crippen molar-refractivity contribution >= 4 is 5.91 Å². The monoisotopic (exact) mass is 355 g/mol. The molecule has 1 atom stereocenters. The second-order valence-electron chi connectivity index (χ2n) is 8.28. The van der Waals surface area contributed by atoms with E-state index in [2.05, 4.69) is 29.3 Å². The maximum atomic E-state index is 12.7. The second kappa shape index (κ2) is 8.02. The molecule has 0 saturated heterocycles. The zero-order chi connectivity index (χ0) is 18.6. The summed E-state index contributed by atoms with van der Waals surface area (Å²) in [4.78, 5) is 17.0. The third-order valence-electron chi connectivity index (χ3n) is 5.42. The Morgan fingerprint density at radius 2 is 1.96 bits per heavy atom. The fraction of sp³-hybridized carbons (Fsp3) is 0.571. The molecule has 1 amide bonds. The zero-order valence-electron chi connectivity index (χ0n) is 16.0. The quantitative estimate of drug-likeness (QED) is 0.835. The lowest BCUT2D eigenvalue weighted by Crippen LogP contribution is -2.32. The van der Waals surface area contributed by atoms with Gasteiger partial charge in [0, 0.05) is 6.42 Å². The van der Waals surface area contributed by atoms with Crippen LogP contribution in [0, 0.1) is 18.3 Å². The topological polar surface area (TPSA) is 68.0 Å². The molecule has 1 aromatic heterocycles. The first-order valence-corrected chi connectivity index (χ1v) is 9.55. The molecule has 1 heterocycles. The molecule has 1 aromatic carbocycles. The Labute approximate surface area is 155 Å². The van der Waals surface area contributed by atoms with E-state index in [9.17, 15) is 4.79 Å². The molecule has 1 aliphatic rings. The minimum absolute atomic E-state index is 0.111. The lowest BCUT2D eigenvalue weighted by Gasteiger charge is -2.34. The van der Waals surface area contributed by atoms with Crippen LogP contribution in [0.2, 0.25) is 0 Å². The third kappa shape index (κ3) is 5.16. The van der Waals surface area contributed by atoms with Gasteiger partial charge < -0.3 is 9.84 Å². The molecule has 140 valence electrons. The first kappa shape index (κ1) is 18.6. The van der Waals surface area contributed by atoms with Crippen LogP contribution in [0.5, 0.6) is 0 Å². The zero-order valence-corrected chi connectivity index (χ0v) is 16.0. The molecular formula is C21H29N3O2. The van der Waals surface area contributed by atoms with Crippen molar-refractivity contribution in [3.05, 3.63) is 47.6 Å². The Balaban J connectivity index is 1.62. The van der Waals surface area contributed by atoms with Gasteiger partial charge in [-0.3, -0.25) is 4.79 Å². The van der Waals surface area contributed by atoms with Crippen molar-refractivity contribution in [2.24, 2.45) is 11.3 Å². The van der Waals surface area contributed by atoms with Gasteiger partial charge in [0.2, 0.25) is 11.8 Å². The number of benzene rings is 1. The Morgan fingerprint density at radius 3 is 2.58 bits per heavy atom. The number of nitrogens with zero attached hydrogens (tertiary/aromatic N) is 2. The van der Waals surface area contributed by atoms with Crippen LogP contribution in [0.4, 0.5) is 0 Å². The molecule has 26 heavy (non-hydrogen) atoms. The summed E-state index contributed by atoms with van der Waals surface area (Å²) < 4.78 is 5.26. The minimum atomic E-state index is -0.149. The summed E-state index contributed by atoms with van der Waals surface area (Å²) in [5, 5.41) is 7.04. The van der Waals surface area contributed by atoms with Crippen molar-refractivity contribution < 1.29 is 9.32 Å². The van der Waals surface area contributed by atoms with E-state index in [1.807, 2.05) is 30.3 Å². The van der Waals surface area contributed by atoms with Crippen LogP contribution in [-0.4, -0.2) is 16.0 Å². The number of hydrogen-bond acceptors (Lipinski definition) is 4. The molecule has 0 radical (unpaired) electrons. The van der Waals surface area contributed by atoms with E-state index in [0.29, 0.717) is 35.9 Å². The highest BCUT2D eigenvalue weighted by atomic mass is 16.5. The van der Waals surface area contributed by atoms with Crippen molar-refractivity contribution in [3.8, 4) is 0 Å². The van der Waals surface area contributed by atoms with Crippen molar-refractivity contribution in [1.29, 1.82) is 0 Å². The highest BCUT2D eigenvalue weighted by Gasteiger charge is 2.28. The van der Waals surface area contributed by atoms with Crippen LogP contribution in [0.15, 0.2) is 34.9 Å². The van der Waals surface area contributed by atoms with Gasteiger partial charge in [-0.15, -0.1) is 0 Å². The summed E-state index contributed by atoms with van der Waals surface area (Å²) in [6.45, 7) is 6.44. The van der Waals surface area contributed by atoms with Crippen molar-refractivity contribution in [2.45, 2.75) is 65.3 Å². The van der Waals surface area contributed by atoms with Crippen molar-refractivity contribution in [2.75, 3.05) is 0 Å². The Morgan fingerprint density at radius 1 is 1.27 bits per heavy atom. The second-order valence-corrected chi connectivity index (χ2v) is 8.28. The van der Waals surface area contributed by atoms with Crippen molar-refractivity contribution in [1.82, 2.24) is 15.5 Å². The highest BCUT2D eigenvalue weighted by molar-refractivity contribution is 5.76. The summed E-state index contributed by atoms with van der Waals surface area (Å²) in [6, 6.07) is 9.84. The molecule has 1 fully saturated rings. The Bertz CT molecular complexity index is 714. The molecule has 1 aliphatic carbocycles. The molecule has 0 aliphatic heterocycles. The van der Waals surface area contributed by atoms with E-state index in [4.69, 9.17) is 4.52 Å². The fourth-order valence-electron chi connectivity index (χ4n) is 3.71. The number of rotatable bonds is 6. The van der Waals surface area contributed by atoms with Gasteiger partial charge in [0.1, 0.15) is 0 Å². The normalized spacial score (nSPS) is 18.4. The molecule has 3 rings (SSSR count). The molecule has 5 nitrogen and oxygen atoms in total. The highest BCUT2D eigenvalue weighted by Crippen LogP contribution is 2.39. The number of carbonyl (C=O) groups excluding carboxylic acids is 1. The predicted octanol–water partition coefficient (Wildman–Crippen LogP) is 4.38. The average molecular weight is 355 g/mol. The fourth-order valence-corrected chi connectivity index (χ4v) is 3.71. The van der Waals surface area contributed by atoms with E-state index in [-0.39, 0.29) is 11.9 Å². The van der Waals surface area contributed by atoms with E-state index in [0.717, 1.165) is 18.4 Å². The Hall–Kier alpha value is -2.17. The molecular weight excluding hydrogens is 326 g/mol. The molecule has 1 unspecified atom stereocenters. The van der Waals surface area contributed by atoms with Gasteiger partial charge in [0.05, 0.1) is 12.5 Å². The molecule has 1 N–H and O–H groups in total. The standard InChI is InChI=1S/C21H29N3O2/c1-15-22-20(26-24-15)14-18(17-7-5-4-6-8-17)23-19(25)13-16-9-11-21(2,3)12-10-16/h4-8,16,18H,9-14H2,1-3H3,(H,23,25). The molecule has 5 heteroatoms. The predicted molar refractivity (Wildman–Crippen MR) is 100 cm³/mol. The lowest BCUT2D eigenvalue weighted by atomic mass is 9.72. The van der Waals surface area contributed by atoms with Crippen LogP contribution in [-0.2, 0) is 11.2 Å².